The highest BCUT2D eigenvalue weighted by molar-refractivity contribution is 5.78. The summed E-state index contributed by atoms with van der Waals surface area (Å²) in [5.74, 6) is 0.729. The highest BCUT2D eigenvalue weighted by Crippen LogP contribution is 2.19. The second-order valence-corrected chi connectivity index (χ2v) is 5.43. The third kappa shape index (κ3) is 3.58. The predicted molar refractivity (Wildman–Crippen MR) is 80.9 cm³/mol. The van der Waals surface area contributed by atoms with Gasteiger partial charge in [-0.3, -0.25) is 0 Å². The van der Waals surface area contributed by atoms with E-state index in [0.29, 0.717) is 13.2 Å². The molecule has 0 spiro atoms. The molecule has 1 aromatic heterocycles. The van der Waals surface area contributed by atoms with Gasteiger partial charge in [0.15, 0.2) is 6.29 Å². The maximum absolute atomic E-state index is 12.0. The number of furan rings is 1. The largest absolute Gasteiger partial charge is 0.459 e. The van der Waals surface area contributed by atoms with Crippen molar-refractivity contribution in [2.45, 2.75) is 32.1 Å². The van der Waals surface area contributed by atoms with Crippen molar-refractivity contribution in [3.63, 3.8) is 0 Å². The van der Waals surface area contributed by atoms with Crippen LogP contribution in [0.25, 0.3) is 11.0 Å². The van der Waals surface area contributed by atoms with Gasteiger partial charge in [0, 0.05) is 25.5 Å². The molecule has 22 heavy (non-hydrogen) atoms. The van der Waals surface area contributed by atoms with E-state index in [1.54, 1.807) is 7.05 Å². The molecule has 0 unspecified atom stereocenters. The molecule has 1 atom stereocenters. The monoisotopic (exact) mass is 304 g/mol. The number of nitrogens with one attached hydrogen (secondary N) is 1. The van der Waals surface area contributed by atoms with E-state index in [-0.39, 0.29) is 12.3 Å². The number of carbonyl (C=O) groups is 1. The van der Waals surface area contributed by atoms with Crippen molar-refractivity contribution in [2.75, 3.05) is 13.7 Å². The zero-order chi connectivity index (χ0) is 15.4. The van der Waals surface area contributed by atoms with E-state index in [4.69, 9.17) is 14.0 Å². The molecule has 6 heteroatoms. The fourth-order valence-electron chi connectivity index (χ4n) is 2.42. The molecule has 1 aromatic carbocycles. The fraction of sp³-hybridized carbons (Fsp3) is 0.438. The first-order valence-electron chi connectivity index (χ1n) is 7.48. The number of benzene rings is 1. The Kier molecular flexibility index (Phi) is 4.60. The number of ether oxygens (including phenoxy) is 1. The molecule has 1 aliphatic heterocycles. The van der Waals surface area contributed by atoms with Crippen LogP contribution in [-0.4, -0.2) is 30.9 Å². The van der Waals surface area contributed by atoms with E-state index in [1.807, 2.05) is 30.3 Å². The molecular weight excluding hydrogens is 284 g/mol. The van der Waals surface area contributed by atoms with Crippen molar-refractivity contribution in [3.05, 3.63) is 36.1 Å². The van der Waals surface area contributed by atoms with Crippen molar-refractivity contribution in [3.8, 4) is 0 Å². The molecule has 6 nitrogen and oxygen atoms in total. The zero-order valence-electron chi connectivity index (χ0n) is 12.6. The maximum atomic E-state index is 12.0. The van der Waals surface area contributed by atoms with Gasteiger partial charge in [-0.2, -0.15) is 0 Å². The van der Waals surface area contributed by atoms with Gasteiger partial charge in [0.2, 0.25) is 0 Å². The number of hydrogen-bond acceptors (Lipinski definition) is 4. The Balaban J connectivity index is 1.51. The van der Waals surface area contributed by atoms with Crippen LogP contribution in [0.1, 0.15) is 25.0 Å². The van der Waals surface area contributed by atoms with Crippen LogP contribution in [0.5, 0.6) is 0 Å². The van der Waals surface area contributed by atoms with Gasteiger partial charge < -0.3 is 14.1 Å². The molecule has 2 aromatic rings. The zero-order valence-corrected chi connectivity index (χ0v) is 12.6. The summed E-state index contributed by atoms with van der Waals surface area (Å²) in [4.78, 5) is 18.8. The number of hydroxylamine groups is 1. The highest BCUT2D eigenvalue weighted by Gasteiger charge is 2.17. The Labute approximate surface area is 128 Å². The van der Waals surface area contributed by atoms with Gasteiger partial charge in [-0.1, -0.05) is 18.2 Å². The van der Waals surface area contributed by atoms with Crippen molar-refractivity contribution >= 4 is 17.0 Å². The Morgan fingerprint density at radius 1 is 1.41 bits per heavy atom. The summed E-state index contributed by atoms with van der Waals surface area (Å²) in [5, 5.41) is 1.03. The van der Waals surface area contributed by atoms with Crippen LogP contribution in [0.4, 0.5) is 4.79 Å². The highest BCUT2D eigenvalue weighted by atomic mass is 16.8. The van der Waals surface area contributed by atoms with Crippen LogP contribution < -0.4 is 5.48 Å². The van der Waals surface area contributed by atoms with E-state index in [2.05, 4.69) is 5.48 Å². The number of para-hydroxylation sites is 1. The van der Waals surface area contributed by atoms with Gasteiger partial charge in [0.1, 0.15) is 11.3 Å². The number of fused-ring (bicyclic) bond motifs is 1. The lowest BCUT2D eigenvalue weighted by Gasteiger charge is -2.23. The van der Waals surface area contributed by atoms with Crippen LogP contribution in [0.15, 0.2) is 34.7 Å². The van der Waals surface area contributed by atoms with Gasteiger partial charge in [0.05, 0.1) is 6.54 Å². The standard InChI is InChI=1S/C16H20N2O4/c1-18(16(19)17-22-15-8-4-5-9-20-15)11-13-10-12-6-2-3-7-14(12)21-13/h2-3,6-7,10,15H,4-5,8-9,11H2,1H3,(H,17,19)/t15-/m0/s1. The van der Waals surface area contributed by atoms with Crippen molar-refractivity contribution in [2.24, 2.45) is 0 Å². The predicted octanol–water partition coefficient (Wildman–Crippen LogP) is 3.03. The van der Waals surface area contributed by atoms with Crippen LogP contribution in [0.2, 0.25) is 0 Å². The number of amides is 2. The lowest BCUT2D eigenvalue weighted by molar-refractivity contribution is -0.187. The lowest BCUT2D eigenvalue weighted by atomic mass is 10.2. The smallest absolute Gasteiger partial charge is 0.341 e. The normalized spacial score (nSPS) is 18.3. The molecule has 1 fully saturated rings. The second-order valence-electron chi connectivity index (χ2n) is 5.43. The third-order valence-corrected chi connectivity index (χ3v) is 3.63. The molecule has 118 valence electrons. The molecule has 0 saturated carbocycles. The van der Waals surface area contributed by atoms with E-state index in [1.165, 1.54) is 4.90 Å². The molecule has 1 aliphatic rings. The Bertz CT molecular complexity index is 601. The number of nitrogens with zero attached hydrogens (tertiary/aromatic N) is 1. The quantitative estimate of drug-likeness (QED) is 0.882. The first-order chi connectivity index (χ1) is 10.7. The average Bonchev–Trinajstić information content (AvgIpc) is 2.95. The number of rotatable bonds is 4. The number of carbonyl (C=O) groups excluding carboxylic acids is 1. The summed E-state index contributed by atoms with van der Waals surface area (Å²) < 4.78 is 11.1. The van der Waals surface area contributed by atoms with E-state index in [9.17, 15) is 4.79 Å². The first-order valence-corrected chi connectivity index (χ1v) is 7.48. The summed E-state index contributed by atoms with van der Waals surface area (Å²) in [6.07, 6.45) is 2.54. The SMILES string of the molecule is CN(Cc1cc2ccccc2o1)C(=O)NO[C@H]1CCCCO1. The minimum Gasteiger partial charge on any atom is -0.459 e. The van der Waals surface area contributed by atoms with Crippen LogP contribution in [0.3, 0.4) is 0 Å². The van der Waals surface area contributed by atoms with E-state index >= 15 is 0 Å². The molecule has 1 N–H and O–H groups in total. The first kappa shape index (κ1) is 14.9. The molecule has 0 aliphatic carbocycles. The molecule has 2 amide bonds. The Morgan fingerprint density at radius 3 is 3.05 bits per heavy atom. The Hall–Kier alpha value is -2.05. The van der Waals surface area contributed by atoms with Gasteiger partial charge in [-0.05, 0) is 25.0 Å². The van der Waals surface area contributed by atoms with Gasteiger partial charge in [-0.15, -0.1) is 0 Å². The minimum atomic E-state index is -0.350. The molecule has 3 rings (SSSR count). The van der Waals surface area contributed by atoms with Crippen molar-refractivity contribution in [1.29, 1.82) is 0 Å². The van der Waals surface area contributed by atoms with E-state index < -0.39 is 0 Å². The van der Waals surface area contributed by atoms with E-state index in [0.717, 1.165) is 36.0 Å². The summed E-state index contributed by atoms with van der Waals surface area (Å²) in [7, 11) is 1.69. The number of urea groups is 1. The maximum Gasteiger partial charge on any atom is 0.341 e. The van der Waals surface area contributed by atoms with Gasteiger partial charge in [0.25, 0.3) is 0 Å². The van der Waals surface area contributed by atoms with Gasteiger partial charge >= 0.3 is 6.03 Å². The Morgan fingerprint density at radius 2 is 2.27 bits per heavy atom. The average molecular weight is 304 g/mol. The summed E-state index contributed by atoms with van der Waals surface area (Å²) >= 11 is 0. The minimum absolute atomic E-state index is 0.324. The fourth-order valence-corrected chi connectivity index (χ4v) is 2.42. The van der Waals surface area contributed by atoms with Crippen molar-refractivity contribution in [1.82, 2.24) is 10.4 Å². The lowest BCUT2D eigenvalue weighted by Crippen LogP contribution is -2.40. The summed E-state index contributed by atoms with van der Waals surface area (Å²) in [6, 6.07) is 9.37. The van der Waals surface area contributed by atoms with Gasteiger partial charge in [-0.25, -0.2) is 15.1 Å². The van der Waals surface area contributed by atoms with Crippen molar-refractivity contribution < 1.29 is 18.8 Å². The third-order valence-electron chi connectivity index (χ3n) is 3.63. The molecule has 0 bridgehead atoms. The molecular formula is C16H20N2O4. The molecule has 0 radical (unpaired) electrons. The number of hydrogen-bond donors (Lipinski definition) is 1. The topological polar surface area (TPSA) is 63.9 Å². The summed E-state index contributed by atoms with van der Waals surface area (Å²) in [6.45, 7) is 1.05. The molecule has 2 heterocycles. The van der Waals surface area contributed by atoms with Crippen LogP contribution in [0, 0.1) is 0 Å². The van der Waals surface area contributed by atoms with Crippen LogP contribution in [-0.2, 0) is 16.1 Å². The summed E-state index contributed by atoms with van der Waals surface area (Å²) in [5.41, 5.74) is 3.24. The second kappa shape index (κ2) is 6.81. The molecule has 1 saturated heterocycles. The van der Waals surface area contributed by atoms with Crippen LogP contribution >= 0.6 is 0 Å².